The van der Waals surface area contributed by atoms with Crippen LogP contribution in [0.1, 0.15) is 49.7 Å². The Morgan fingerprint density at radius 2 is 2.13 bits per heavy atom. The van der Waals surface area contributed by atoms with E-state index in [2.05, 4.69) is 31.5 Å². The Morgan fingerprint density at radius 3 is 2.80 bits per heavy atom. The number of nitrogens with zero attached hydrogens (tertiary/aromatic N) is 1. The summed E-state index contributed by atoms with van der Waals surface area (Å²) in [7, 11) is 0. The number of carbonyl (C=O) groups is 1. The highest BCUT2D eigenvalue weighted by atomic mass is 16.1. The molecule has 1 aromatic rings. The fourth-order valence-corrected chi connectivity index (χ4v) is 2.45. The first-order valence-corrected chi connectivity index (χ1v) is 5.75. The number of Topliss-reactive ketones (excluding diaryl/α,β-unsaturated/α-hetero) is 1. The van der Waals surface area contributed by atoms with Crippen LogP contribution in [0, 0.1) is 5.41 Å². The molecule has 0 N–H and O–H groups in total. The van der Waals surface area contributed by atoms with Gasteiger partial charge in [0.2, 0.25) is 0 Å². The number of hydrogen-bond donors (Lipinski definition) is 0. The van der Waals surface area contributed by atoms with E-state index < -0.39 is 0 Å². The Morgan fingerprint density at radius 1 is 1.40 bits per heavy atom. The van der Waals surface area contributed by atoms with Gasteiger partial charge in [-0.05, 0) is 24.3 Å². The molecular weight excluding hydrogens is 186 g/mol. The molecule has 2 nitrogen and oxygen atoms in total. The zero-order valence-corrected chi connectivity index (χ0v) is 9.84. The van der Waals surface area contributed by atoms with E-state index >= 15 is 0 Å². The minimum atomic E-state index is 0.133. The molecule has 82 valence electrons. The van der Waals surface area contributed by atoms with E-state index in [1.54, 1.807) is 0 Å². The van der Waals surface area contributed by atoms with Gasteiger partial charge in [-0.1, -0.05) is 20.8 Å². The van der Waals surface area contributed by atoms with Crippen LogP contribution in [0.3, 0.4) is 0 Å². The van der Waals surface area contributed by atoms with Gasteiger partial charge in [-0.3, -0.25) is 4.79 Å². The summed E-state index contributed by atoms with van der Waals surface area (Å²) < 4.78 is 2.24. The number of hydrogen-bond acceptors (Lipinski definition) is 1. The highest BCUT2D eigenvalue weighted by molar-refractivity contribution is 5.98. The molecule has 0 saturated carbocycles. The topological polar surface area (TPSA) is 22.0 Å². The molecule has 0 atom stereocenters. The van der Waals surface area contributed by atoms with Crippen LogP contribution < -0.4 is 0 Å². The van der Waals surface area contributed by atoms with Gasteiger partial charge in [0.05, 0.1) is 0 Å². The quantitative estimate of drug-likeness (QED) is 0.727. The van der Waals surface area contributed by atoms with Crippen molar-refractivity contribution in [2.45, 2.75) is 46.6 Å². The second kappa shape index (κ2) is 3.51. The molecule has 1 aliphatic rings. The predicted molar refractivity (Wildman–Crippen MR) is 61.2 cm³/mol. The van der Waals surface area contributed by atoms with Crippen molar-refractivity contribution in [1.29, 1.82) is 0 Å². The van der Waals surface area contributed by atoms with Crippen LogP contribution in [-0.4, -0.2) is 10.4 Å². The second-order valence-corrected chi connectivity index (χ2v) is 5.31. The van der Waals surface area contributed by atoms with Gasteiger partial charge in [0.1, 0.15) is 0 Å². The summed E-state index contributed by atoms with van der Waals surface area (Å²) in [6.45, 7) is 7.55. The van der Waals surface area contributed by atoms with Crippen molar-refractivity contribution in [3.63, 3.8) is 0 Å². The average molecular weight is 205 g/mol. The van der Waals surface area contributed by atoms with E-state index in [0.717, 1.165) is 24.9 Å². The summed E-state index contributed by atoms with van der Waals surface area (Å²) in [4.78, 5) is 11.9. The van der Waals surface area contributed by atoms with E-state index in [-0.39, 0.29) is 5.41 Å². The molecule has 0 amide bonds. The first-order chi connectivity index (χ1) is 7.03. The minimum Gasteiger partial charge on any atom is -0.351 e. The van der Waals surface area contributed by atoms with Gasteiger partial charge >= 0.3 is 0 Å². The van der Waals surface area contributed by atoms with Crippen molar-refractivity contribution in [2.75, 3.05) is 0 Å². The van der Waals surface area contributed by atoms with Gasteiger partial charge in [0, 0.05) is 30.4 Å². The number of ketones is 1. The number of aryl methyl sites for hydroxylation is 1. The summed E-state index contributed by atoms with van der Waals surface area (Å²) in [6, 6.07) is 1.99. The molecule has 0 unspecified atom stereocenters. The second-order valence-electron chi connectivity index (χ2n) is 5.31. The summed E-state index contributed by atoms with van der Waals surface area (Å²) in [5, 5.41) is 0. The Balaban J connectivity index is 2.40. The highest BCUT2D eigenvalue weighted by Crippen LogP contribution is 2.35. The van der Waals surface area contributed by atoms with Crippen molar-refractivity contribution in [3.05, 3.63) is 23.5 Å². The van der Waals surface area contributed by atoms with Crippen molar-refractivity contribution in [1.82, 2.24) is 4.57 Å². The van der Waals surface area contributed by atoms with Gasteiger partial charge in [-0.25, -0.2) is 0 Å². The number of carbonyl (C=O) groups excluding carboxylic acids is 1. The molecule has 2 heteroatoms. The van der Waals surface area contributed by atoms with Crippen LogP contribution in [0.5, 0.6) is 0 Å². The van der Waals surface area contributed by atoms with Crippen molar-refractivity contribution in [3.8, 4) is 0 Å². The first kappa shape index (κ1) is 10.5. The molecule has 15 heavy (non-hydrogen) atoms. The molecule has 1 aromatic heterocycles. The molecule has 2 rings (SSSR count). The molecule has 0 fully saturated rings. The molecule has 0 radical (unpaired) electrons. The van der Waals surface area contributed by atoms with E-state index in [9.17, 15) is 4.79 Å². The fraction of sp³-hybridized carbons (Fsp3) is 0.615. The maximum Gasteiger partial charge on any atom is 0.165 e. The number of aromatic nitrogens is 1. The van der Waals surface area contributed by atoms with Gasteiger partial charge < -0.3 is 4.57 Å². The maximum atomic E-state index is 11.9. The smallest absolute Gasteiger partial charge is 0.165 e. The van der Waals surface area contributed by atoms with Gasteiger partial charge in [-0.2, -0.15) is 0 Å². The summed E-state index contributed by atoms with van der Waals surface area (Å²) in [5.41, 5.74) is 2.34. The average Bonchev–Trinajstić information content (AvgIpc) is 2.47. The van der Waals surface area contributed by atoms with Crippen LogP contribution in [0.25, 0.3) is 0 Å². The third-order valence-electron chi connectivity index (χ3n) is 3.13. The Bertz CT molecular complexity index is 387. The standard InChI is InChI=1S/C13H19NO/c1-4-6-14-7-5-10-11(14)8-13(2,3)9-12(10)15/h5,7H,4,6,8-9H2,1-3H3. The largest absolute Gasteiger partial charge is 0.351 e. The molecule has 0 aliphatic heterocycles. The Hall–Kier alpha value is -1.05. The van der Waals surface area contributed by atoms with E-state index in [4.69, 9.17) is 0 Å². The molecule has 0 spiro atoms. The first-order valence-electron chi connectivity index (χ1n) is 5.75. The lowest BCUT2D eigenvalue weighted by molar-refractivity contribution is 0.0910. The molecule has 1 aliphatic carbocycles. The third-order valence-corrected chi connectivity index (χ3v) is 3.13. The van der Waals surface area contributed by atoms with Crippen LogP contribution in [0.15, 0.2) is 12.3 Å². The zero-order valence-electron chi connectivity index (χ0n) is 9.84. The van der Waals surface area contributed by atoms with Crippen molar-refractivity contribution in [2.24, 2.45) is 5.41 Å². The lowest BCUT2D eigenvalue weighted by Gasteiger charge is -2.29. The zero-order chi connectivity index (χ0) is 11.1. The maximum absolute atomic E-state index is 11.9. The van der Waals surface area contributed by atoms with Crippen LogP contribution in [0.4, 0.5) is 0 Å². The van der Waals surface area contributed by atoms with E-state index in [1.165, 1.54) is 5.69 Å². The lowest BCUT2D eigenvalue weighted by atomic mass is 9.76. The van der Waals surface area contributed by atoms with Crippen LogP contribution in [0.2, 0.25) is 0 Å². The number of rotatable bonds is 2. The summed E-state index contributed by atoms with van der Waals surface area (Å²) >= 11 is 0. The Kier molecular flexibility index (Phi) is 2.45. The van der Waals surface area contributed by atoms with Gasteiger partial charge in [-0.15, -0.1) is 0 Å². The van der Waals surface area contributed by atoms with E-state index in [0.29, 0.717) is 12.2 Å². The monoisotopic (exact) mass is 205 g/mol. The summed E-state index contributed by atoms with van der Waals surface area (Å²) in [6.07, 6.45) is 4.90. The van der Waals surface area contributed by atoms with Gasteiger partial charge in [0.25, 0.3) is 0 Å². The molecule has 0 saturated heterocycles. The number of fused-ring (bicyclic) bond motifs is 1. The third kappa shape index (κ3) is 1.85. The SMILES string of the molecule is CCCn1ccc2c1CC(C)(C)CC2=O. The van der Waals surface area contributed by atoms with Crippen LogP contribution in [-0.2, 0) is 13.0 Å². The predicted octanol–water partition coefficient (Wildman–Crippen LogP) is 3.05. The molecule has 1 heterocycles. The van der Waals surface area contributed by atoms with Crippen molar-refractivity contribution < 1.29 is 4.79 Å². The molecular formula is C13H19NO. The normalized spacial score (nSPS) is 19.0. The van der Waals surface area contributed by atoms with Crippen molar-refractivity contribution >= 4 is 5.78 Å². The molecule has 0 bridgehead atoms. The highest BCUT2D eigenvalue weighted by Gasteiger charge is 2.32. The van der Waals surface area contributed by atoms with Crippen LogP contribution >= 0.6 is 0 Å². The fourth-order valence-electron chi connectivity index (χ4n) is 2.45. The summed E-state index contributed by atoms with van der Waals surface area (Å²) in [5.74, 6) is 0.316. The Labute approximate surface area is 91.3 Å². The molecule has 0 aromatic carbocycles. The van der Waals surface area contributed by atoms with E-state index in [1.807, 2.05) is 6.07 Å². The minimum absolute atomic E-state index is 0.133. The van der Waals surface area contributed by atoms with Gasteiger partial charge in [0.15, 0.2) is 5.78 Å². The lowest BCUT2D eigenvalue weighted by Crippen LogP contribution is -2.28.